The van der Waals surface area contributed by atoms with Gasteiger partial charge < -0.3 is 5.32 Å². The van der Waals surface area contributed by atoms with Gasteiger partial charge >= 0.3 is 0 Å². The molecular weight excluding hydrogens is 332 g/mol. The summed E-state index contributed by atoms with van der Waals surface area (Å²) in [7, 11) is 0. The SMILES string of the molecule is O=C(Nc1ccnc(-c2ccccn2)n1)c1cncn1-c1cncnc1. The Hall–Kier alpha value is -4.01. The summed E-state index contributed by atoms with van der Waals surface area (Å²) >= 11 is 0. The first-order valence-electron chi connectivity index (χ1n) is 7.65. The summed E-state index contributed by atoms with van der Waals surface area (Å²) in [6.07, 6.45) is 10.8. The largest absolute Gasteiger partial charge is 0.305 e. The van der Waals surface area contributed by atoms with Gasteiger partial charge in [0.1, 0.15) is 23.5 Å². The van der Waals surface area contributed by atoms with Crippen molar-refractivity contribution in [1.29, 1.82) is 0 Å². The normalized spacial score (nSPS) is 10.5. The van der Waals surface area contributed by atoms with Crippen LogP contribution in [0.5, 0.6) is 0 Å². The summed E-state index contributed by atoms with van der Waals surface area (Å²) < 4.78 is 1.59. The van der Waals surface area contributed by atoms with Crippen LogP contribution in [0.2, 0.25) is 0 Å². The fourth-order valence-corrected chi connectivity index (χ4v) is 2.31. The first-order chi connectivity index (χ1) is 12.8. The molecule has 4 aromatic heterocycles. The molecule has 4 rings (SSSR count). The zero-order valence-corrected chi connectivity index (χ0v) is 13.4. The fraction of sp³-hybridized carbons (Fsp3) is 0. The Kier molecular flexibility index (Phi) is 4.09. The van der Waals surface area contributed by atoms with E-state index >= 15 is 0 Å². The van der Waals surface area contributed by atoms with E-state index in [0.29, 0.717) is 28.7 Å². The molecule has 26 heavy (non-hydrogen) atoms. The Morgan fingerprint density at radius 2 is 1.85 bits per heavy atom. The lowest BCUT2D eigenvalue weighted by Gasteiger charge is -2.08. The molecule has 0 aromatic carbocycles. The summed E-state index contributed by atoms with van der Waals surface area (Å²) in [5.41, 5.74) is 1.58. The van der Waals surface area contributed by atoms with Crippen molar-refractivity contribution in [3.8, 4) is 17.2 Å². The first kappa shape index (κ1) is 15.5. The van der Waals surface area contributed by atoms with Crippen LogP contribution in [0.3, 0.4) is 0 Å². The van der Waals surface area contributed by atoms with Crippen molar-refractivity contribution in [3.05, 3.63) is 73.6 Å². The Bertz CT molecular complexity index is 1030. The van der Waals surface area contributed by atoms with Crippen molar-refractivity contribution in [2.75, 3.05) is 5.32 Å². The second-order valence-electron chi connectivity index (χ2n) is 5.18. The van der Waals surface area contributed by atoms with E-state index < -0.39 is 0 Å². The Morgan fingerprint density at radius 1 is 0.962 bits per heavy atom. The van der Waals surface area contributed by atoms with Crippen molar-refractivity contribution in [2.24, 2.45) is 0 Å². The standard InChI is InChI=1S/C17H12N8O/c26-17(14-9-20-11-25(14)12-7-18-10-19-8-12)24-15-4-6-22-16(23-15)13-3-1-2-5-21-13/h1-11H,(H,22,23,24,26). The molecule has 0 saturated heterocycles. The van der Waals surface area contributed by atoms with Gasteiger partial charge in [-0.05, 0) is 18.2 Å². The fourth-order valence-electron chi connectivity index (χ4n) is 2.31. The minimum Gasteiger partial charge on any atom is -0.305 e. The third kappa shape index (κ3) is 3.13. The van der Waals surface area contributed by atoms with Gasteiger partial charge in [-0.25, -0.2) is 24.9 Å². The highest BCUT2D eigenvalue weighted by molar-refractivity contribution is 6.02. The average Bonchev–Trinajstić information content (AvgIpc) is 3.20. The van der Waals surface area contributed by atoms with Gasteiger partial charge in [-0.3, -0.25) is 14.3 Å². The van der Waals surface area contributed by atoms with Gasteiger partial charge in [-0.2, -0.15) is 0 Å². The minimum atomic E-state index is -0.364. The number of aromatic nitrogens is 7. The molecule has 0 saturated carbocycles. The maximum atomic E-state index is 12.6. The third-order valence-corrected chi connectivity index (χ3v) is 3.49. The minimum absolute atomic E-state index is 0.331. The van der Waals surface area contributed by atoms with E-state index in [4.69, 9.17) is 0 Å². The number of anilines is 1. The van der Waals surface area contributed by atoms with Crippen LogP contribution in [0.25, 0.3) is 17.2 Å². The maximum absolute atomic E-state index is 12.6. The van der Waals surface area contributed by atoms with E-state index in [0.717, 1.165) is 0 Å². The smallest absolute Gasteiger partial charge is 0.275 e. The molecule has 0 radical (unpaired) electrons. The molecule has 9 heteroatoms. The van der Waals surface area contributed by atoms with Gasteiger partial charge in [-0.1, -0.05) is 6.07 Å². The molecule has 0 unspecified atom stereocenters. The van der Waals surface area contributed by atoms with Crippen molar-refractivity contribution in [2.45, 2.75) is 0 Å². The molecule has 4 heterocycles. The molecule has 0 aliphatic rings. The highest BCUT2D eigenvalue weighted by atomic mass is 16.2. The highest BCUT2D eigenvalue weighted by Crippen LogP contribution is 2.15. The summed E-state index contributed by atoms with van der Waals surface area (Å²) in [5, 5.41) is 2.75. The monoisotopic (exact) mass is 344 g/mol. The van der Waals surface area contributed by atoms with Crippen LogP contribution in [-0.2, 0) is 0 Å². The number of hydrogen-bond donors (Lipinski definition) is 1. The lowest BCUT2D eigenvalue weighted by Crippen LogP contribution is -2.17. The van der Waals surface area contributed by atoms with Crippen LogP contribution in [0.4, 0.5) is 5.82 Å². The molecule has 126 valence electrons. The van der Waals surface area contributed by atoms with Crippen LogP contribution in [-0.4, -0.2) is 40.4 Å². The van der Waals surface area contributed by atoms with E-state index in [2.05, 4.69) is 35.2 Å². The summed E-state index contributed by atoms with van der Waals surface area (Å²) in [6.45, 7) is 0. The lowest BCUT2D eigenvalue weighted by molar-refractivity contribution is 0.102. The number of imidazole rings is 1. The summed E-state index contributed by atoms with van der Waals surface area (Å²) in [5.74, 6) is 0.424. The van der Waals surface area contributed by atoms with E-state index in [9.17, 15) is 4.79 Å². The molecule has 4 aromatic rings. The van der Waals surface area contributed by atoms with Crippen molar-refractivity contribution < 1.29 is 4.79 Å². The number of rotatable bonds is 4. The lowest BCUT2D eigenvalue weighted by atomic mass is 10.3. The maximum Gasteiger partial charge on any atom is 0.275 e. The number of carbonyl (C=O) groups is 1. The molecule has 0 aliphatic carbocycles. The Labute approximate surface area is 147 Å². The van der Waals surface area contributed by atoms with Gasteiger partial charge in [-0.15, -0.1) is 0 Å². The zero-order chi connectivity index (χ0) is 17.8. The topological polar surface area (TPSA) is 111 Å². The molecule has 0 bridgehead atoms. The molecule has 0 fully saturated rings. The molecular formula is C17H12N8O. The molecule has 0 aliphatic heterocycles. The second-order valence-corrected chi connectivity index (χ2v) is 5.18. The zero-order valence-electron chi connectivity index (χ0n) is 13.4. The van der Waals surface area contributed by atoms with Gasteiger partial charge in [0.25, 0.3) is 5.91 Å². The van der Waals surface area contributed by atoms with Gasteiger partial charge in [0.05, 0.1) is 30.6 Å². The molecule has 0 spiro atoms. The second kappa shape index (κ2) is 6.85. The van der Waals surface area contributed by atoms with Crippen LogP contribution in [0.15, 0.2) is 67.9 Å². The van der Waals surface area contributed by atoms with Crippen molar-refractivity contribution in [3.63, 3.8) is 0 Å². The molecule has 9 nitrogen and oxygen atoms in total. The number of hydrogen-bond acceptors (Lipinski definition) is 7. The summed E-state index contributed by atoms with van der Waals surface area (Å²) in [4.78, 5) is 37.3. The van der Waals surface area contributed by atoms with Crippen LogP contribution < -0.4 is 5.32 Å². The van der Waals surface area contributed by atoms with Gasteiger partial charge in [0.15, 0.2) is 5.82 Å². The Morgan fingerprint density at radius 3 is 2.65 bits per heavy atom. The number of pyridine rings is 1. The van der Waals surface area contributed by atoms with Gasteiger partial charge in [0.2, 0.25) is 0 Å². The molecule has 1 amide bonds. The molecule has 1 N–H and O–H groups in total. The Balaban J connectivity index is 1.60. The average molecular weight is 344 g/mol. The van der Waals surface area contributed by atoms with E-state index in [1.165, 1.54) is 18.9 Å². The van der Waals surface area contributed by atoms with Crippen LogP contribution in [0.1, 0.15) is 10.5 Å². The number of amides is 1. The predicted octanol–water partition coefficient (Wildman–Crippen LogP) is 1.77. The predicted molar refractivity (Wildman–Crippen MR) is 92.4 cm³/mol. The van der Waals surface area contributed by atoms with Crippen LogP contribution >= 0.6 is 0 Å². The highest BCUT2D eigenvalue weighted by Gasteiger charge is 2.15. The number of carbonyl (C=O) groups excluding carboxylic acids is 1. The third-order valence-electron chi connectivity index (χ3n) is 3.49. The molecule has 0 atom stereocenters. The van der Waals surface area contributed by atoms with Gasteiger partial charge in [0, 0.05) is 12.4 Å². The van der Waals surface area contributed by atoms with Crippen LogP contribution in [0, 0.1) is 0 Å². The van der Waals surface area contributed by atoms with E-state index in [1.54, 1.807) is 41.5 Å². The van der Waals surface area contributed by atoms with Crippen molar-refractivity contribution in [1.82, 2.24) is 34.5 Å². The quantitative estimate of drug-likeness (QED) is 0.600. The number of nitrogens with one attached hydrogen (secondary N) is 1. The van der Waals surface area contributed by atoms with E-state index in [-0.39, 0.29) is 5.91 Å². The van der Waals surface area contributed by atoms with Crippen molar-refractivity contribution >= 4 is 11.7 Å². The van der Waals surface area contributed by atoms with E-state index in [1.807, 2.05) is 12.1 Å². The number of nitrogens with zero attached hydrogens (tertiary/aromatic N) is 7. The summed E-state index contributed by atoms with van der Waals surface area (Å²) in [6, 6.07) is 7.06. The first-order valence-corrected chi connectivity index (χ1v) is 7.65.